The molecule has 1 aliphatic heterocycles. The smallest absolute Gasteiger partial charge is 0.228 e. The fraction of sp³-hybridized carbons (Fsp3) is 0.615. The van der Waals surface area contributed by atoms with Gasteiger partial charge in [0, 0.05) is 34.2 Å². The van der Waals surface area contributed by atoms with Crippen LogP contribution < -0.4 is 9.80 Å². The molecular weight excluding hydrogens is 240 g/mol. The Balaban J connectivity index is 2.14. The molecule has 0 aromatic carbocycles. The lowest BCUT2D eigenvalue weighted by Crippen LogP contribution is -2.31. The largest absolute Gasteiger partial charge is 0.356 e. The van der Waals surface area contributed by atoms with E-state index in [9.17, 15) is 0 Å². The second-order valence-corrected chi connectivity index (χ2v) is 5.29. The molecule has 6 heteroatoms. The Morgan fingerprint density at radius 1 is 1.11 bits per heavy atom. The predicted molar refractivity (Wildman–Crippen MR) is 76.7 cm³/mol. The van der Waals surface area contributed by atoms with Gasteiger partial charge >= 0.3 is 0 Å². The van der Waals surface area contributed by atoms with E-state index in [0.29, 0.717) is 0 Å². The normalized spacial score (nSPS) is 16.1. The van der Waals surface area contributed by atoms with Crippen molar-refractivity contribution in [2.75, 3.05) is 37.0 Å². The van der Waals surface area contributed by atoms with Gasteiger partial charge in [-0.2, -0.15) is 15.1 Å². The highest BCUT2D eigenvalue weighted by molar-refractivity contribution is 5.88. The first-order chi connectivity index (χ1) is 9.16. The summed E-state index contributed by atoms with van der Waals surface area (Å²) in [7, 11) is 5.86. The van der Waals surface area contributed by atoms with Gasteiger partial charge in [-0.15, -0.1) is 0 Å². The second-order valence-electron chi connectivity index (χ2n) is 5.29. The van der Waals surface area contributed by atoms with Crippen molar-refractivity contribution in [2.45, 2.75) is 19.3 Å². The molecule has 102 valence electrons. The highest BCUT2D eigenvalue weighted by Crippen LogP contribution is 2.27. The van der Waals surface area contributed by atoms with Crippen molar-refractivity contribution in [3.63, 3.8) is 0 Å². The van der Waals surface area contributed by atoms with Gasteiger partial charge < -0.3 is 9.80 Å². The molecule has 0 spiro atoms. The van der Waals surface area contributed by atoms with Crippen molar-refractivity contribution in [2.24, 2.45) is 7.05 Å². The molecule has 1 saturated heterocycles. The zero-order valence-electron chi connectivity index (χ0n) is 11.8. The van der Waals surface area contributed by atoms with Crippen LogP contribution in [0.2, 0.25) is 0 Å². The molecule has 3 rings (SSSR count). The van der Waals surface area contributed by atoms with E-state index in [1.807, 2.05) is 36.9 Å². The number of piperidine rings is 1. The molecule has 1 fully saturated rings. The molecule has 0 atom stereocenters. The SMILES string of the molecule is CN(C)c1nc(N2CCCCC2)c2cnn(C)c2n1. The Kier molecular flexibility index (Phi) is 3.00. The van der Waals surface area contributed by atoms with Gasteiger partial charge in [-0.3, -0.25) is 4.68 Å². The van der Waals surface area contributed by atoms with Crippen LogP contribution in [0.15, 0.2) is 6.20 Å². The van der Waals surface area contributed by atoms with E-state index < -0.39 is 0 Å². The first kappa shape index (κ1) is 12.2. The summed E-state index contributed by atoms with van der Waals surface area (Å²) in [6.45, 7) is 2.15. The summed E-state index contributed by atoms with van der Waals surface area (Å²) in [5.74, 6) is 1.78. The number of hydrogen-bond donors (Lipinski definition) is 0. The standard InChI is InChI=1S/C13H20N6/c1-17(2)13-15-11-10(9-14-18(11)3)12(16-13)19-7-5-4-6-8-19/h9H,4-8H2,1-3H3. The molecule has 2 aromatic rings. The van der Waals surface area contributed by atoms with Gasteiger partial charge in [0.15, 0.2) is 5.65 Å². The van der Waals surface area contributed by atoms with E-state index in [1.54, 1.807) is 0 Å². The minimum Gasteiger partial charge on any atom is -0.356 e. The number of hydrogen-bond acceptors (Lipinski definition) is 5. The fourth-order valence-corrected chi connectivity index (χ4v) is 2.54. The Labute approximate surface area is 113 Å². The maximum atomic E-state index is 4.72. The zero-order valence-corrected chi connectivity index (χ0v) is 11.8. The fourth-order valence-electron chi connectivity index (χ4n) is 2.54. The first-order valence-corrected chi connectivity index (χ1v) is 6.79. The number of nitrogens with zero attached hydrogens (tertiary/aromatic N) is 6. The molecule has 0 N–H and O–H groups in total. The molecule has 6 nitrogen and oxygen atoms in total. The maximum absolute atomic E-state index is 4.72. The van der Waals surface area contributed by atoms with Crippen LogP contribution in [0.5, 0.6) is 0 Å². The lowest BCUT2D eigenvalue weighted by molar-refractivity contribution is 0.574. The Bertz CT molecular complexity index is 582. The average Bonchev–Trinajstić information content (AvgIpc) is 2.80. The number of aryl methyl sites for hydroxylation is 1. The number of fused-ring (bicyclic) bond motifs is 1. The molecular formula is C13H20N6. The molecule has 0 radical (unpaired) electrons. The predicted octanol–water partition coefficient (Wildman–Crippen LogP) is 1.42. The molecule has 19 heavy (non-hydrogen) atoms. The molecule has 0 aliphatic carbocycles. The van der Waals surface area contributed by atoms with Gasteiger partial charge in [-0.25, -0.2) is 0 Å². The topological polar surface area (TPSA) is 50.1 Å². The number of rotatable bonds is 2. The number of aromatic nitrogens is 4. The second kappa shape index (κ2) is 4.68. The van der Waals surface area contributed by atoms with Crippen LogP contribution in [0.3, 0.4) is 0 Å². The summed E-state index contributed by atoms with van der Waals surface area (Å²) in [4.78, 5) is 13.6. The van der Waals surface area contributed by atoms with Gasteiger partial charge in [0.2, 0.25) is 5.95 Å². The quantitative estimate of drug-likeness (QED) is 0.817. The minimum absolute atomic E-state index is 0.747. The van der Waals surface area contributed by atoms with Gasteiger partial charge in [0.1, 0.15) is 5.82 Å². The molecule has 1 aliphatic rings. The van der Waals surface area contributed by atoms with Crippen molar-refractivity contribution in [1.82, 2.24) is 19.7 Å². The van der Waals surface area contributed by atoms with Crippen molar-refractivity contribution < 1.29 is 0 Å². The van der Waals surface area contributed by atoms with Crippen LogP contribution in [0.1, 0.15) is 19.3 Å². The van der Waals surface area contributed by atoms with E-state index in [1.165, 1.54) is 19.3 Å². The van der Waals surface area contributed by atoms with E-state index in [4.69, 9.17) is 4.98 Å². The Morgan fingerprint density at radius 3 is 2.53 bits per heavy atom. The zero-order chi connectivity index (χ0) is 13.4. The van der Waals surface area contributed by atoms with Crippen molar-refractivity contribution in [3.8, 4) is 0 Å². The molecule has 0 amide bonds. The molecule has 0 saturated carbocycles. The summed E-state index contributed by atoms with van der Waals surface area (Å²) >= 11 is 0. The number of anilines is 2. The van der Waals surface area contributed by atoms with Gasteiger partial charge in [0.25, 0.3) is 0 Å². The highest BCUT2D eigenvalue weighted by atomic mass is 15.3. The Morgan fingerprint density at radius 2 is 1.84 bits per heavy atom. The lowest BCUT2D eigenvalue weighted by Gasteiger charge is -2.28. The Hall–Kier alpha value is -1.85. The summed E-state index contributed by atoms with van der Waals surface area (Å²) in [6, 6.07) is 0. The maximum Gasteiger partial charge on any atom is 0.228 e. The van der Waals surface area contributed by atoms with Crippen molar-refractivity contribution in [1.29, 1.82) is 0 Å². The summed E-state index contributed by atoms with van der Waals surface area (Å²) in [6.07, 6.45) is 5.67. The van der Waals surface area contributed by atoms with E-state index >= 15 is 0 Å². The van der Waals surface area contributed by atoms with Gasteiger partial charge in [-0.05, 0) is 19.3 Å². The lowest BCUT2D eigenvalue weighted by atomic mass is 10.1. The monoisotopic (exact) mass is 260 g/mol. The summed E-state index contributed by atoms with van der Waals surface area (Å²) in [5, 5.41) is 5.37. The third-order valence-electron chi connectivity index (χ3n) is 3.62. The third-order valence-corrected chi connectivity index (χ3v) is 3.62. The summed E-state index contributed by atoms with van der Waals surface area (Å²) < 4.78 is 1.82. The van der Waals surface area contributed by atoms with Crippen molar-refractivity contribution in [3.05, 3.63) is 6.20 Å². The van der Waals surface area contributed by atoms with E-state index in [0.717, 1.165) is 35.9 Å². The molecule has 3 heterocycles. The van der Waals surface area contributed by atoms with Crippen LogP contribution in [0.4, 0.5) is 11.8 Å². The van der Waals surface area contributed by atoms with Gasteiger partial charge in [-0.1, -0.05) is 0 Å². The van der Waals surface area contributed by atoms with Crippen LogP contribution in [-0.4, -0.2) is 46.9 Å². The van der Waals surface area contributed by atoms with Crippen LogP contribution >= 0.6 is 0 Å². The average molecular weight is 260 g/mol. The van der Waals surface area contributed by atoms with Crippen LogP contribution in [0, 0.1) is 0 Å². The first-order valence-electron chi connectivity index (χ1n) is 6.79. The third kappa shape index (κ3) is 2.11. The van der Waals surface area contributed by atoms with Crippen LogP contribution in [-0.2, 0) is 7.05 Å². The highest BCUT2D eigenvalue weighted by Gasteiger charge is 2.19. The van der Waals surface area contributed by atoms with E-state index in [2.05, 4.69) is 15.0 Å². The van der Waals surface area contributed by atoms with Crippen LogP contribution in [0.25, 0.3) is 11.0 Å². The van der Waals surface area contributed by atoms with E-state index in [-0.39, 0.29) is 0 Å². The summed E-state index contributed by atoms with van der Waals surface area (Å²) in [5.41, 5.74) is 0.902. The molecule has 0 bridgehead atoms. The minimum atomic E-state index is 0.747. The molecule has 0 unspecified atom stereocenters. The van der Waals surface area contributed by atoms with Gasteiger partial charge in [0.05, 0.1) is 11.6 Å². The molecule has 2 aromatic heterocycles. The van der Waals surface area contributed by atoms with Crippen molar-refractivity contribution >= 4 is 22.8 Å².